The van der Waals surface area contributed by atoms with Crippen molar-refractivity contribution >= 4 is 24.0 Å². The molecule has 0 aliphatic carbocycles. The summed E-state index contributed by atoms with van der Waals surface area (Å²) in [6.07, 6.45) is -1.27. The fourth-order valence-electron chi connectivity index (χ4n) is 3.89. The van der Waals surface area contributed by atoms with E-state index in [-0.39, 0.29) is 25.0 Å². The van der Waals surface area contributed by atoms with Gasteiger partial charge in [-0.1, -0.05) is 19.9 Å². The number of aliphatic carboxylic acids is 1. The highest BCUT2D eigenvalue weighted by Crippen LogP contribution is 2.38. The minimum atomic E-state index is -1.16. The SMILES string of the molecule is Cc1cc(C)c(C(C)(C)CC(=O)O)c(OC(=O)NC(CCC(=O)OC(C)(C)C)C(=O)OC(C)(C)C)c1. The fraction of sp³-hybridized carbons (Fsp3) is 0.630. The maximum atomic E-state index is 12.9. The van der Waals surface area contributed by atoms with Gasteiger partial charge in [-0.2, -0.15) is 0 Å². The van der Waals surface area contributed by atoms with Crippen LogP contribution >= 0.6 is 0 Å². The third-order valence-electron chi connectivity index (χ3n) is 4.96. The summed E-state index contributed by atoms with van der Waals surface area (Å²) in [5, 5.41) is 11.9. The van der Waals surface area contributed by atoms with Gasteiger partial charge in [0, 0.05) is 17.4 Å². The zero-order valence-corrected chi connectivity index (χ0v) is 23.2. The zero-order valence-electron chi connectivity index (χ0n) is 23.2. The Bertz CT molecular complexity index is 983. The van der Waals surface area contributed by atoms with Crippen molar-refractivity contribution in [1.82, 2.24) is 5.32 Å². The molecule has 0 aromatic heterocycles. The van der Waals surface area contributed by atoms with Crippen molar-refractivity contribution in [2.75, 3.05) is 0 Å². The molecule has 0 aliphatic heterocycles. The molecule has 0 fully saturated rings. The van der Waals surface area contributed by atoms with E-state index < -0.39 is 46.7 Å². The first-order valence-electron chi connectivity index (χ1n) is 12.0. The molecule has 9 nitrogen and oxygen atoms in total. The van der Waals surface area contributed by atoms with Crippen LogP contribution in [0.1, 0.15) is 91.3 Å². The number of amides is 1. The van der Waals surface area contributed by atoms with Crippen molar-refractivity contribution in [3.05, 3.63) is 28.8 Å². The standard InChI is InChI=1S/C27H41NO8/c1-16-13-17(2)22(27(9,10)15-20(29)30)19(14-16)34-24(33)28-18(23(32)36-26(6,7)8)11-12-21(31)35-25(3,4)5/h13-14,18H,11-12,15H2,1-10H3,(H,28,33)(H,29,30). The van der Waals surface area contributed by atoms with E-state index in [0.29, 0.717) is 5.56 Å². The van der Waals surface area contributed by atoms with Crippen LogP contribution in [-0.2, 0) is 29.3 Å². The molecule has 1 amide bonds. The average Bonchev–Trinajstić information content (AvgIpc) is 2.59. The van der Waals surface area contributed by atoms with Crippen LogP contribution in [0.5, 0.6) is 5.75 Å². The summed E-state index contributed by atoms with van der Waals surface area (Å²) in [6.45, 7) is 17.5. The van der Waals surface area contributed by atoms with E-state index in [4.69, 9.17) is 14.2 Å². The number of hydrogen-bond acceptors (Lipinski definition) is 7. The molecular weight excluding hydrogens is 466 g/mol. The van der Waals surface area contributed by atoms with Crippen LogP contribution in [0.4, 0.5) is 4.79 Å². The van der Waals surface area contributed by atoms with E-state index >= 15 is 0 Å². The van der Waals surface area contributed by atoms with Crippen molar-refractivity contribution in [2.45, 2.75) is 111 Å². The molecule has 36 heavy (non-hydrogen) atoms. The highest BCUT2D eigenvalue weighted by Gasteiger charge is 2.32. The van der Waals surface area contributed by atoms with E-state index in [1.54, 1.807) is 61.5 Å². The summed E-state index contributed by atoms with van der Waals surface area (Å²) < 4.78 is 16.3. The summed E-state index contributed by atoms with van der Waals surface area (Å²) >= 11 is 0. The van der Waals surface area contributed by atoms with Gasteiger partial charge in [0.2, 0.25) is 0 Å². The Balaban J connectivity index is 3.18. The molecule has 0 saturated heterocycles. The van der Waals surface area contributed by atoms with Gasteiger partial charge in [0.05, 0.1) is 6.42 Å². The Morgan fingerprint density at radius 1 is 0.917 bits per heavy atom. The van der Waals surface area contributed by atoms with Gasteiger partial charge in [0.25, 0.3) is 0 Å². The van der Waals surface area contributed by atoms with E-state index in [1.165, 1.54) is 0 Å². The number of carbonyl (C=O) groups is 4. The Labute approximate surface area is 213 Å². The number of carbonyl (C=O) groups excluding carboxylic acids is 3. The van der Waals surface area contributed by atoms with Crippen molar-refractivity contribution in [3.63, 3.8) is 0 Å². The van der Waals surface area contributed by atoms with E-state index in [1.807, 2.05) is 19.9 Å². The Hall–Kier alpha value is -3.10. The number of benzene rings is 1. The molecule has 1 rings (SSSR count). The van der Waals surface area contributed by atoms with E-state index in [0.717, 1.165) is 11.1 Å². The quantitative estimate of drug-likeness (QED) is 0.448. The van der Waals surface area contributed by atoms with Gasteiger partial charge in [-0.25, -0.2) is 9.59 Å². The van der Waals surface area contributed by atoms with Gasteiger partial charge in [-0.05, 0) is 79.0 Å². The van der Waals surface area contributed by atoms with Crippen molar-refractivity contribution < 1.29 is 38.5 Å². The fourth-order valence-corrected chi connectivity index (χ4v) is 3.89. The normalized spacial score (nSPS) is 12.9. The maximum absolute atomic E-state index is 12.9. The zero-order chi connectivity index (χ0) is 28.1. The molecule has 0 heterocycles. The summed E-state index contributed by atoms with van der Waals surface area (Å²) in [7, 11) is 0. The van der Waals surface area contributed by atoms with Gasteiger partial charge in [0.15, 0.2) is 0 Å². The second kappa shape index (κ2) is 11.8. The van der Waals surface area contributed by atoms with Gasteiger partial charge >= 0.3 is 24.0 Å². The Kier molecular flexibility index (Phi) is 10.1. The lowest BCUT2D eigenvalue weighted by Gasteiger charge is -2.28. The number of carboxylic acids is 1. The number of aryl methyl sites for hydroxylation is 2. The summed E-state index contributed by atoms with van der Waals surface area (Å²) in [5.74, 6) is -2.01. The largest absolute Gasteiger partial charge is 0.481 e. The first-order chi connectivity index (χ1) is 16.2. The minimum absolute atomic E-state index is 0.0524. The molecular formula is C27H41NO8. The number of ether oxygens (including phenoxy) is 3. The maximum Gasteiger partial charge on any atom is 0.413 e. The molecule has 0 radical (unpaired) electrons. The summed E-state index contributed by atoms with van der Waals surface area (Å²) in [6, 6.07) is 2.37. The van der Waals surface area contributed by atoms with Crippen molar-refractivity contribution in [2.24, 2.45) is 0 Å². The van der Waals surface area contributed by atoms with Gasteiger partial charge in [0.1, 0.15) is 23.0 Å². The molecule has 2 N–H and O–H groups in total. The monoisotopic (exact) mass is 507 g/mol. The predicted octanol–water partition coefficient (Wildman–Crippen LogP) is 4.98. The van der Waals surface area contributed by atoms with Gasteiger partial charge < -0.3 is 24.6 Å². The van der Waals surface area contributed by atoms with Crippen LogP contribution in [0.2, 0.25) is 0 Å². The molecule has 0 saturated carbocycles. The van der Waals surface area contributed by atoms with Crippen LogP contribution in [-0.4, -0.2) is 46.4 Å². The number of nitrogens with one attached hydrogen (secondary N) is 1. The van der Waals surface area contributed by atoms with E-state index in [2.05, 4.69) is 5.32 Å². The highest BCUT2D eigenvalue weighted by molar-refractivity contribution is 5.83. The molecule has 1 aromatic rings. The van der Waals surface area contributed by atoms with Crippen LogP contribution in [0, 0.1) is 13.8 Å². The third-order valence-corrected chi connectivity index (χ3v) is 4.96. The molecule has 0 spiro atoms. The first kappa shape index (κ1) is 30.9. The topological polar surface area (TPSA) is 128 Å². The van der Waals surface area contributed by atoms with Crippen molar-refractivity contribution in [3.8, 4) is 5.75 Å². The summed E-state index contributed by atoms with van der Waals surface area (Å²) in [4.78, 5) is 49.3. The first-order valence-corrected chi connectivity index (χ1v) is 12.0. The molecule has 9 heteroatoms. The lowest BCUT2D eigenvalue weighted by atomic mass is 9.78. The molecule has 0 aliphatic rings. The Morgan fingerprint density at radius 3 is 1.97 bits per heavy atom. The lowest BCUT2D eigenvalue weighted by molar-refractivity contribution is -0.158. The van der Waals surface area contributed by atoms with Crippen molar-refractivity contribution in [1.29, 1.82) is 0 Å². The second-order valence-corrected chi connectivity index (χ2v) is 11.7. The molecule has 202 valence electrons. The number of hydrogen-bond donors (Lipinski definition) is 2. The smallest absolute Gasteiger partial charge is 0.413 e. The average molecular weight is 508 g/mol. The van der Waals surface area contributed by atoms with Crippen LogP contribution in [0.3, 0.4) is 0 Å². The predicted molar refractivity (Wildman–Crippen MR) is 135 cm³/mol. The van der Waals surface area contributed by atoms with Gasteiger partial charge in [-0.15, -0.1) is 0 Å². The van der Waals surface area contributed by atoms with E-state index in [9.17, 15) is 24.3 Å². The van der Waals surface area contributed by atoms with Crippen LogP contribution < -0.4 is 10.1 Å². The third kappa shape index (κ3) is 10.7. The number of rotatable bonds is 9. The lowest BCUT2D eigenvalue weighted by Crippen LogP contribution is -2.45. The highest BCUT2D eigenvalue weighted by atomic mass is 16.6. The molecule has 1 aromatic carbocycles. The molecule has 0 bridgehead atoms. The Morgan fingerprint density at radius 2 is 1.47 bits per heavy atom. The minimum Gasteiger partial charge on any atom is -0.481 e. The van der Waals surface area contributed by atoms with Gasteiger partial charge in [-0.3, -0.25) is 9.59 Å². The second-order valence-electron chi connectivity index (χ2n) is 11.7. The number of carboxylic acid groups (broad SMARTS) is 1. The van der Waals surface area contributed by atoms with Crippen LogP contribution in [0.15, 0.2) is 12.1 Å². The van der Waals surface area contributed by atoms with Crippen LogP contribution in [0.25, 0.3) is 0 Å². The number of esters is 2. The molecule has 1 atom stereocenters. The summed E-state index contributed by atoms with van der Waals surface area (Å²) in [5.41, 5.74) is -0.160. The molecule has 1 unspecified atom stereocenters.